The number of nitrogens with one attached hydrogen (secondary N) is 1. The van der Waals surface area contributed by atoms with Crippen molar-refractivity contribution in [1.82, 2.24) is 5.48 Å². The first-order valence-electron chi connectivity index (χ1n) is 4.32. The summed E-state index contributed by atoms with van der Waals surface area (Å²) in [5, 5.41) is 8.46. The molecule has 2 N–H and O–H groups in total. The topological polar surface area (TPSA) is 60.0 Å². The van der Waals surface area contributed by atoms with Gasteiger partial charge >= 0.3 is 0 Å². The fourth-order valence-electron chi connectivity index (χ4n) is 0.745. The van der Waals surface area contributed by atoms with E-state index in [0.717, 1.165) is 0 Å². The van der Waals surface area contributed by atoms with Gasteiger partial charge < -0.3 is 14.6 Å². The van der Waals surface area contributed by atoms with Crippen LogP contribution in [0.5, 0.6) is 0 Å². The highest BCUT2D eigenvalue weighted by molar-refractivity contribution is 4.52. The lowest BCUT2D eigenvalue weighted by molar-refractivity contribution is -0.0615. The molecule has 80 valence electrons. The first-order chi connectivity index (χ1) is 6.35. The Morgan fingerprint density at radius 1 is 1.31 bits per heavy atom. The number of hydrogen-bond donors (Lipinski definition) is 2. The maximum absolute atomic E-state index is 8.46. The molecule has 5 nitrogen and oxygen atoms in total. The van der Waals surface area contributed by atoms with Crippen LogP contribution in [0.2, 0.25) is 0 Å². The Hall–Kier alpha value is -0.200. The van der Waals surface area contributed by atoms with Crippen molar-refractivity contribution in [2.24, 2.45) is 0 Å². The molecule has 0 aliphatic heterocycles. The largest absolute Gasteiger partial charge is 0.396 e. The fraction of sp³-hybridized carbons (Fsp3) is 1.00. The van der Waals surface area contributed by atoms with Crippen molar-refractivity contribution >= 4 is 0 Å². The van der Waals surface area contributed by atoms with Gasteiger partial charge in [-0.05, 0) is 6.42 Å². The molecular formula is C8H19NO4. The van der Waals surface area contributed by atoms with Gasteiger partial charge in [-0.3, -0.25) is 4.84 Å². The predicted octanol–water partition coefficient (Wildman–Crippen LogP) is -0.449. The van der Waals surface area contributed by atoms with Gasteiger partial charge in [-0.1, -0.05) is 0 Å². The third-order valence-corrected chi connectivity index (χ3v) is 1.49. The summed E-state index contributed by atoms with van der Waals surface area (Å²) in [6, 6.07) is 0. The van der Waals surface area contributed by atoms with Gasteiger partial charge in [0.2, 0.25) is 0 Å². The zero-order valence-corrected chi connectivity index (χ0v) is 8.28. The molecule has 0 aliphatic rings. The summed E-state index contributed by atoms with van der Waals surface area (Å²) in [5.41, 5.74) is 2.71. The van der Waals surface area contributed by atoms with E-state index in [0.29, 0.717) is 26.2 Å². The van der Waals surface area contributed by atoms with Crippen LogP contribution in [0, 0.1) is 0 Å². The van der Waals surface area contributed by atoms with Crippen molar-refractivity contribution in [2.75, 3.05) is 40.6 Å². The standard InChI is InChI=1S/C8H19NO4/c1-11-6-8(12-2)7-13-9-4-3-5-10/h8-10H,3-7H2,1-2H3/t8-/m1/s1. The van der Waals surface area contributed by atoms with Crippen molar-refractivity contribution < 1.29 is 19.4 Å². The number of hydrogen-bond acceptors (Lipinski definition) is 5. The van der Waals surface area contributed by atoms with E-state index < -0.39 is 0 Å². The number of methoxy groups -OCH3 is 2. The average Bonchev–Trinajstić information content (AvgIpc) is 2.16. The molecule has 0 aromatic heterocycles. The summed E-state index contributed by atoms with van der Waals surface area (Å²) >= 11 is 0. The van der Waals surface area contributed by atoms with E-state index >= 15 is 0 Å². The van der Waals surface area contributed by atoms with E-state index in [1.165, 1.54) is 0 Å². The Morgan fingerprint density at radius 2 is 2.08 bits per heavy atom. The van der Waals surface area contributed by atoms with E-state index in [-0.39, 0.29) is 12.7 Å². The van der Waals surface area contributed by atoms with Gasteiger partial charge in [0, 0.05) is 27.4 Å². The van der Waals surface area contributed by atoms with Crippen LogP contribution in [0.15, 0.2) is 0 Å². The van der Waals surface area contributed by atoms with E-state index in [9.17, 15) is 0 Å². The van der Waals surface area contributed by atoms with Crippen LogP contribution in [0.25, 0.3) is 0 Å². The average molecular weight is 193 g/mol. The normalized spacial score (nSPS) is 13.2. The van der Waals surface area contributed by atoms with Crippen molar-refractivity contribution in [2.45, 2.75) is 12.5 Å². The second-order valence-corrected chi connectivity index (χ2v) is 2.60. The van der Waals surface area contributed by atoms with Crippen LogP contribution < -0.4 is 5.48 Å². The maximum Gasteiger partial charge on any atom is 0.106 e. The highest BCUT2D eigenvalue weighted by Gasteiger charge is 2.05. The number of rotatable bonds is 9. The van der Waals surface area contributed by atoms with Gasteiger partial charge in [0.05, 0.1) is 13.2 Å². The van der Waals surface area contributed by atoms with Gasteiger partial charge in [0.15, 0.2) is 0 Å². The summed E-state index contributed by atoms with van der Waals surface area (Å²) in [5.74, 6) is 0. The van der Waals surface area contributed by atoms with Crippen LogP contribution in [-0.2, 0) is 14.3 Å². The molecule has 0 aromatic carbocycles. The first kappa shape index (κ1) is 12.8. The van der Waals surface area contributed by atoms with Crippen LogP contribution in [0.4, 0.5) is 0 Å². The van der Waals surface area contributed by atoms with Gasteiger partial charge in [-0.15, -0.1) is 0 Å². The Morgan fingerprint density at radius 3 is 2.62 bits per heavy atom. The molecule has 0 bridgehead atoms. The summed E-state index contributed by atoms with van der Waals surface area (Å²) in [7, 11) is 3.23. The molecule has 0 heterocycles. The minimum Gasteiger partial charge on any atom is -0.396 e. The maximum atomic E-state index is 8.46. The lowest BCUT2D eigenvalue weighted by Gasteiger charge is -2.14. The molecule has 0 radical (unpaired) electrons. The fourth-order valence-corrected chi connectivity index (χ4v) is 0.745. The second kappa shape index (κ2) is 9.88. The summed E-state index contributed by atoms with van der Waals surface area (Å²) < 4.78 is 9.96. The first-order valence-corrected chi connectivity index (χ1v) is 4.32. The Balaban J connectivity index is 3.17. The molecule has 0 amide bonds. The second-order valence-electron chi connectivity index (χ2n) is 2.60. The van der Waals surface area contributed by atoms with E-state index in [1.54, 1.807) is 14.2 Å². The zero-order valence-electron chi connectivity index (χ0n) is 8.28. The van der Waals surface area contributed by atoms with E-state index in [4.69, 9.17) is 19.4 Å². The summed E-state index contributed by atoms with van der Waals surface area (Å²) in [6.45, 7) is 1.76. The van der Waals surface area contributed by atoms with Crippen molar-refractivity contribution in [3.8, 4) is 0 Å². The molecule has 0 aromatic rings. The SMILES string of the molecule is COC[C@H](CONCCCO)OC. The molecular weight excluding hydrogens is 174 g/mol. The quantitative estimate of drug-likeness (QED) is 0.384. The van der Waals surface area contributed by atoms with Crippen molar-refractivity contribution in [1.29, 1.82) is 0 Å². The summed E-state index contributed by atoms with van der Waals surface area (Å²) in [4.78, 5) is 5.08. The molecule has 0 spiro atoms. The van der Waals surface area contributed by atoms with Crippen LogP contribution in [-0.4, -0.2) is 51.8 Å². The molecule has 13 heavy (non-hydrogen) atoms. The molecule has 1 atom stereocenters. The Labute approximate surface area is 78.9 Å². The van der Waals surface area contributed by atoms with E-state index in [1.807, 2.05) is 0 Å². The molecule has 0 saturated heterocycles. The zero-order chi connectivity index (χ0) is 9.94. The summed E-state index contributed by atoms with van der Waals surface area (Å²) in [6.07, 6.45) is 0.633. The van der Waals surface area contributed by atoms with Gasteiger partial charge in [-0.2, -0.15) is 0 Å². The molecule has 0 rings (SSSR count). The van der Waals surface area contributed by atoms with Crippen LogP contribution in [0.3, 0.4) is 0 Å². The highest BCUT2D eigenvalue weighted by Crippen LogP contribution is 1.90. The molecule has 0 unspecified atom stereocenters. The third-order valence-electron chi connectivity index (χ3n) is 1.49. The number of hydroxylamine groups is 1. The monoisotopic (exact) mass is 193 g/mol. The van der Waals surface area contributed by atoms with Gasteiger partial charge in [0.1, 0.15) is 6.10 Å². The molecule has 0 saturated carbocycles. The molecule has 0 aliphatic carbocycles. The lowest BCUT2D eigenvalue weighted by atomic mass is 10.4. The molecule has 0 fully saturated rings. The van der Waals surface area contributed by atoms with Crippen LogP contribution >= 0.6 is 0 Å². The minimum absolute atomic E-state index is 0.0494. The van der Waals surface area contributed by atoms with Gasteiger partial charge in [-0.25, -0.2) is 5.48 Å². The van der Waals surface area contributed by atoms with E-state index in [2.05, 4.69) is 5.48 Å². The number of aliphatic hydroxyl groups excluding tert-OH is 1. The number of aliphatic hydroxyl groups is 1. The van der Waals surface area contributed by atoms with Crippen LogP contribution in [0.1, 0.15) is 6.42 Å². The number of ether oxygens (including phenoxy) is 2. The predicted molar refractivity (Wildman–Crippen MR) is 48.3 cm³/mol. The van der Waals surface area contributed by atoms with Crippen molar-refractivity contribution in [3.05, 3.63) is 0 Å². The van der Waals surface area contributed by atoms with Gasteiger partial charge in [0.25, 0.3) is 0 Å². The Bertz CT molecular complexity index is 102. The molecule has 5 heteroatoms. The minimum atomic E-state index is -0.0494. The third kappa shape index (κ3) is 8.14. The van der Waals surface area contributed by atoms with Crippen molar-refractivity contribution in [3.63, 3.8) is 0 Å². The Kier molecular flexibility index (Phi) is 9.73. The highest BCUT2D eigenvalue weighted by atomic mass is 16.7. The smallest absolute Gasteiger partial charge is 0.106 e. The lowest BCUT2D eigenvalue weighted by Crippen LogP contribution is -2.28.